The first kappa shape index (κ1) is 50.5. The largest absolute Gasteiger partial charge is 0.507 e. The first-order valence-corrected chi connectivity index (χ1v) is 24.7. The Morgan fingerprint density at radius 2 is 0.462 bits per heavy atom. The minimum Gasteiger partial charge on any atom is -0.507 e. The fourth-order valence-corrected chi connectivity index (χ4v) is 8.56. The molecule has 0 amide bonds. The molecule has 12 heteroatoms. The number of aliphatic imine (C=N–C) groups is 6. The number of rotatable bonds is 15. The van der Waals surface area contributed by atoms with E-state index in [9.17, 15) is 30.6 Å². The fraction of sp³-hybridized carbons (Fsp3) is 0. The van der Waals surface area contributed by atoms with Gasteiger partial charge in [-0.2, -0.15) is 0 Å². The summed E-state index contributed by atoms with van der Waals surface area (Å²) in [5.41, 5.74) is 6.81. The Hall–Kier alpha value is -11.0. The summed E-state index contributed by atoms with van der Waals surface area (Å²) in [4.78, 5) is 29.4. The molecule has 0 bridgehead atoms. The molecule has 378 valence electrons. The lowest BCUT2D eigenvalue weighted by molar-refractivity contribution is 0.424. The van der Waals surface area contributed by atoms with Gasteiger partial charge in [0.15, 0.2) is 0 Å². The highest BCUT2D eigenvalue weighted by atomic mass is 16.3. The van der Waals surface area contributed by atoms with Crippen molar-refractivity contribution in [2.45, 2.75) is 0 Å². The maximum absolute atomic E-state index is 12.2. The summed E-state index contributed by atoms with van der Waals surface area (Å²) < 4.78 is 0. The van der Waals surface area contributed by atoms with E-state index in [0.717, 1.165) is 16.7 Å². The molecule has 0 fully saturated rings. The molecule has 0 aliphatic heterocycles. The number of benzene rings is 10. The quantitative estimate of drug-likeness (QED) is 0.0553. The maximum Gasteiger partial charge on any atom is 0.140 e. The number of hydrogen-bond acceptors (Lipinski definition) is 12. The molecule has 0 aliphatic carbocycles. The van der Waals surface area contributed by atoms with Gasteiger partial charge in [0.2, 0.25) is 0 Å². The second-order valence-electron chi connectivity index (χ2n) is 17.6. The first-order valence-electron chi connectivity index (χ1n) is 24.7. The van der Waals surface area contributed by atoms with Gasteiger partial charge < -0.3 is 30.6 Å². The van der Waals surface area contributed by atoms with Gasteiger partial charge >= 0.3 is 0 Å². The monoisotopic (exact) mass is 1020 g/mol. The number of aromatic hydroxyl groups is 6. The zero-order valence-corrected chi connectivity index (χ0v) is 41.6. The molecule has 0 heterocycles. The van der Waals surface area contributed by atoms with Crippen LogP contribution in [0.2, 0.25) is 0 Å². The summed E-state index contributed by atoms with van der Waals surface area (Å²) >= 11 is 0. The Morgan fingerprint density at radius 1 is 0.244 bits per heavy atom. The third-order valence-electron chi connectivity index (χ3n) is 12.5. The fourth-order valence-electron chi connectivity index (χ4n) is 8.56. The molecule has 12 nitrogen and oxygen atoms in total. The van der Waals surface area contributed by atoms with Crippen molar-refractivity contribution in [1.29, 1.82) is 0 Å². The summed E-state index contributed by atoms with van der Waals surface area (Å²) in [5.74, 6) is -1.58. The lowest BCUT2D eigenvalue weighted by atomic mass is 10.0. The smallest absolute Gasteiger partial charge is 0.140 e. The van der Waals surface area contributed by atoms with Crippen molar-refractivity contribution < 1.29 is 30.6 Å². The molecule has 0 spiro atoms. The molecule has 10 rings (SSSR count). The van der Waals surface area contributed by atoms with Gasteiger partial charge in [0.1, 0.15) is 34.5 Å². The van der Waals surface area contributed by atoms with Crippen LogP contribution in [-0.4, -0.2) is 66.4 Å². The summed E-state index contributed by atoms with van der Waals surface area (Å²) in [6.45, 7) is 0. The van der Waals surface area contributed by atoms with Gasteiger partial charge in [-0.1, -0.05) is 164 Å². The lowest BCUT2D eigenvalue weighted by Crippen LogP contribution is -2.03. The Morgan fingerprint density at radius 3 is 0.718 bits per heavy atom. The van der Waals surface area contributed by atoms with Crippen molar-refractivity contribution in [3.05, 3.63) is 287 Å². The third kappa shape index (κ3) is 11.2. The number of hydrogen-bond donors (Lipinski definition) is 6. The van der Waals surface area contributed by atoms with Crippen molar-refractivity contribution in [1.82, 2.24) is 0 Å². The first-order chi connectivity index (χ1) is 38.2. The number of phenols is 6. The summed E-state index contributed by atoms with van der Waals surface area (Å²) in [6.07, 6.45) is 3.80. The van der Waals surface area contributed by atoms with Crippen LogP contribution in [-0.2, 0) is 0 Å². The van der Waals surface area contributed by atoms with Gasteiger partial charge in [-0.05, 0) is 72.8 Å². The Bertz CT molecular complexity index is 3560. The highest BCUT2D eigenvalue weighted by molar-refractivity contribution is 6.17. The minimum atomic E-state index is -0.560. The van der Waals surface area contributed by atoms with Gasteiger partial charge in [0.05, 0.1) is 67.9 Å². The molecule has 0 atom stereocenters. The molecular formula is C66H48N6O6. The summed E-state index contributed by atoms with van der Waals surface area (Å²) in [7, 11) is 0. The predicted octanol–water partition coefficient (Wildman–Crippen LogP) is 14.7. The van der Waals surface area contributed by atoms with Crippen LogP contribution >= 0.6 is 0 Å². The van der Waals surface area contributed by atoms with E-state index in [0.29, 0.717) is 67.9 Å². The third-order valence-corrected chi connectivity index (χ3v) is 12.5. The highest BCUT2D eigenvalue weighted by Gasteiger charge is 2.23. The molecule has 0 saturated heterocycles. The van der Waals surface area contributed by atoms with Crippen molar-refractivity contribution in [2.24, 2.45) is 30.0 Å². The van der Waals surface area contributed by atoms with Gasteiger partial charge in [-0.3, -0.25) is 15.0 Å². The van der Waals surface area contributed by atoms with E-state index in [2.05, 4.69) is 0 Å². The average Bonchev–Trinajstić information content (AvgIpc) is 3.54. The molecule has 0 unspecified atom stereocenters. The van der Waals surface area contributed by atoms with Crippen molar-refractivity contribution in [3.8, 4) is 34.5 Å². The molecule has 10 aromatic carbocycles. The average molecular weight is 1020 g/mol. The van der Waals surface area contributed by atoms with Gasteiger partial charge in [-0.15, -0.1) is 0 Å². The van der Waals surface area contributed by atoms with Crippen LogP contribution in [0.4, 0.5) is 34.1 Å². The van der Waals surface area contributed by atoms with Crippen LogP contribution in [0.15, 0.2) is 267 Å². The lowest BCUT2D eigenvalue weighted by Gasteiger charge is -2.13. The van der Waals surface area contributed by atoms with E-state index >= 15 is 0 Å². The molecule has 10 aromatic rings. The minimum absolute atomic E-state index is 0.0338. The van der Waals surface area contributed by atoms with Gasteiger partial charge in [0, 0.05) is 52.0 Å². The van der Waals surface area contributed by atoms with E-state index in [1.807, 2.05) is 109 Å². The molecular weight excluding hydrogens is 973 g/mol. The van der Waals surface area contributed by atoms with E-state index in [-0.39, 0.29) is 33.9 Å². The Balaban J connectivity index is 1.12. The zero-order valence-electron chi connectivity index (χ0n) is 41.6. The van der Waals surface area contributed by atoms with Crippen molar-refractivity contribution >= 4 is 69.9 Å². The topological polar surface area (TPSA) is 196 Å². The number of para-hydroxylation sites is 9. The number of nitrogens with zero attached hydrogens (tertiary/aromatic N) is 6. The van der Waals surface area contributed by atoms with Crippen LogP contribution < -0.4 is 0 Å². The second kappa shape index (κ2) is 23.5. The van der Waals surface area contributed by atoms with E-state index in [4.69, 9.17) is 30.0 Å². The van der Waals surface area contributed by atoms with Gasteiger partial charge in [-0.25, -0.2) is 15.0 Å². The Labute approximate surface area is 449 Å². The predicted molar refractivity (Wildman–Crippen MR) is 312 cm³/mol. The van der Waals surface area contributed by atoms with Gasteiger partial charge in [0.25, 0.3) is 0 Å². The van der Waals surface area contributed by atoms with E-state index in [1.165, 1.54) is 18.6 Å². The highest BCUT2D eigenvalue weighted by Crippen LogP contribution is 2.42. The van der Waals surface area contributed by atoms with E-state index < -0.39 is 17.2 Å². The molecule has 0 aromatic heterocycles. The summed E-state index contributed by atoms with van der Waals surface area (Å²) in [5, 5.41) is 69.5. The number of phenolic OH excluding ortho intramolecular Hbond substituents is 6. The van der Waals surface area contributed by atoms with Crippen molar-refractivity contribution in [2.75, 3.05) is 0 Å². The normalized spacial score (nSPS) is 12.2. The maximum atomic E-state index is 12.2. The SMILES string of the molecule is Oc1ccccc1C(=Nc1ccccc1N=Cc1c(O)c(C=Nc2ccccc2N=C(c2ccccc2)c2ccccc2O)c(O)c(C=Nc2ccccc2N=C(c2ccccc2)c2ccccc2O)c1O)c1ccccc1. The van der Waals surface area contributed by atoms with Crippen LogP contribution in [0.3, 0.4) is 0 Å². The summed E-state index contributed by atoms with van der Waals surface area (Å²) in [6, 6.07) is 70.1. The van der Waals surface area contributed by atoms with Crippen LogP contribution in [0.1, 0.15) is 50.1 Å². The molecule has 0 radical (unpaired) electrons. The Kier molecular flexibility index (Phi) is 15.2. The molecule has 78 heavy (non-hydrogen) atoms. The van der Waals surface area contributed by atoms with Crippen LogP contribution in [0.25, 0.3) is 0 Å². The zero-order chi connectivity index (χ0) is 53.8. The molecule has 6 N–H and O–H groups in total. The molecule has 0 saturated carbocycles. The standard InChI is InChI=1S/C66H48N6O6/c73-58-37-19-10-28-46(58)61(43-22-4-1-5-23-43)70-55-34-16-13-31-52(55)67-40-49-64(76)50(41-68-53-32-14-17-35-56(53)71-62(44-24-6-2-7-25-44)47-29-11-20-38-59(47)74)66(78)51(65(49)77)42-69-54-33-15-18-36-57(54)72-63(45-26-8-3-9-27-45)48-30-12-21-39-60(48)75/h1-42,73-78H. The van der Waals surface area contributed by atoms with Crippen LogP contribution in [0, 0.1) is 0 Å². The van der Waals surface area contributed by atoms with Crippen molar-refractivity contribution in [3.63, 3.8) is 0 Å². The van der Waals surface area contributed by atoms with E-state index in [1.54, 1.807) is 127 Å². The second-order valence-corrected chi connectivity index (χ2v) is 17.6. The molecule has 0 aliphatic rings. The van der Waals surface area contributed by atoms with Crippen LogP contribution in [0.5, 0.6) is 34.5 Å².